The highest BCUT2D eigenvalue weighted by Crippen LogP contribution is 2.30. The van der Waals surface area contributed by atoms with Gasteiger partial charge in [0.1, 0.15) is 11.8 Å². The minimum absolute atomic E-state index is 0.0435. The molecule has 0 aromatic heterocycles. The van der Waals surface area contributed by atoms with E-state index in [-0.39, 0.29) is 37.1 Å². The fourth-order valence-electron chi connectivity index (χ4n) is 5.28. The third kappa shape index (κ3) is 7.33. The number of carbonyl (C=O) groups excluding carboxylic acids is 5. The predicted molar refractivity (Wildman–Crippen MR) is 145 cm³/mol. The highest BCUT2D eigenvalue weighted by Gasteiger charge is 2.40. The number of Topliss-reactive ketones (excluding diaryl/α,β-unsaturated/α-hetero) is 1. The van der Waals surface area contributed by atoms with Gasteiger partial charge in [0.15, 0.2) is 6.61 Å². The number of alkyl halides is 3. The number of hydrogen-bond acceptors (Lipinski definition) is 6. The van der Waals surface area contributed by atoms with Gasteiger partial charge in [-0.3, -0.25) is 24.0 Å². The van der Waals surface area contributed by atoms with Crippen LogP contribution in [0.15, 0.2) is 48.5 Å². The van der Waals surface area contributed by atoms with Gasteiger partial charge in [-0.15, -0.1) is 0 Å². The van der Waals surface area contributed by atoms with Crippen molar-refractivity contribution >= 4 is 29.4 Å². The Morgan fingerprint density at radius 2 is 1.70 bits per heavy atom. The van der Waals surface area contributed by atoms with E-state index in [9.17, 15) is 37.1 Å². The second-order valence-corrected chi connectivity index (χ2v) is 11.0. The number of nitrogens with zero attached hydrogens (tertiary/aromatic N) is 1. The van der Waals surface area contributed by atoms with Crippen LogP contribution < -0.4 is 20.7 Å². The van der Waals surface area contributed by atoms with Crippen molar-refractivity contribution in [2.24, 2.45) is 5.92 Å². The molecule has 0 unspecified atom stereocenters. The number of nitrogens with one attached hydrogen (secondary N) is 3. The quantitative estimate of drug-likeness (QED) is 0.357. The fourth-order valence-corrected chi connectivity index (χ4v) is 5.28. The van der Waals surface area contributed by atoms with E-state index in [0.717, 1.165) is 48.2 Å². The van der Waals surface area contributed by atoms with Crippen molar-refractivity contribution in [2.45, 2.75) is 63.0 Å². The van der Waals surface area contributed by atoms with Gasteiger partial charge in [-0.2, -0.15) is 13.2 Å². The van der Waals surface area contributed by atoms with Gasteiger partial charge in [0.2, 0.25) is 17.6 Å². The molecule has 0 radical (unpaired) electrons. The van der Waals surface area contributed by atoms with E-state index in [1.165, 1.54) is 4.90 Å². The molecule has 43 heavy (non-hydrogen) atoms. The minimum Gasteiger partial charge on any atom is -0.484 e. The van der Waals surface area contributed by atoms with Crippen LogP contribution in [-0.4, -0.2) is 65.6 Å². The zero-order chi connectivity index (χ0) is 30.7. The monoisotopic (exact) mass is 600 g/mol. The van der Waals surface area contributed by atoms with Gasteiger partial charge in [-0.1, -0.05) is 24.3 Å². The van der Waals surface area contributed by atoms with Crippen LogP contribution in [0.1, 0.15) is 42.4 Å². The molecule has 1 aliphatic carbocycles. The molecule has 4 amide bonds. The largest absolute Gasteiger partial charge is 0.484 e. The second kappa shape index (κ2) is 12.4. The van der Waals surface area contributed by atoms with Crippen LogP contribution in [0.4, 0.5) is 13.2 Å². The topological polar surface area (TPSA) is 134 Å². The highest BCUT2D eigenvalue weighted by molar-refractivity contribution is 6.38. The summed E-state index contributed by atoms with van der Waals surface area (Å²) in [6, 6.07) is 8.68. The van der Waals surface area contributed by atoms with Crippen molar-refractivity contribution in [1.82, 2.24) is 20.9 Å². The maximum absolute atomic E-state index is 13.7. The molecule has 2 aliphatic heterocycles. The van der Waals surface area contributed by atoms with Crippen molar-refractivity contribution in [3.05, 3.63) is 65.2 Å². The van der Waals surface area contributed by atoms with Gasteiger partial charge in [0.05, 0.1) is 11.6 Å². The predicted octanol–water partition coefficient (Wildman–Crippen LogP) is 1.90. The number of rotatable bonds is 10. The zero-order valence-electron chi connectivity index (χ0n) is 23.1. The molecule has 2 heterocycles. The average molecular weight is 601 g/mol. The number of ether oxygens (including phenoxy) is 1. The van der Waals surface area contributed by atoms with Crippen LogP contribution in [0.5, 0.6) is 5.75 Å². The van der Waals surface area contributed by atoms with Crippen LogP contribution >= 0.6 is 0 Å². The van der Waals surface area contributed by atoms with Crippen LogP contribution in [0.3, 0.4) is 0 Å². The summed E-state index contributed by atoms with van der Waals surface area (Å²) < 4.78 is 44.1. The first kappa shape index (κ1) is 30.1. The maximum Gasteiger partial charge on any atom is 0.416 e. The molecule has 3 aliphatic rings. The van der Waals surface area contributed by atoms with Gasteiger partial charge in [0, 0.05) is 31.5 Å². The van der Waals surface area contributed by atoms with Crippen LogP contribution in [-0.2, 0) is 43.1 Å². The summed E-state index contributed by atoms with van der Waals surface area (Å²) in [6.07, 6.45) is -2.50. The Labute approximate surface area is 245 Å². The smallest absolute Gasteiger partial charge is 0.416 e. The Morgan fingerprint density at radius 1 is 1.00 bits per heavy atom. The Bertz CT molecular complexity index is 1410. The summed E-state index contributed by atoms with van der Waals surface area (Å²) >= 11 is 0. The summed E-state index contributed by atoms with van der Waals surface area (Å²) in [6.45, 7) is -0.0752. The van der Waals surface area contributed by atoms with E-state index in [1.54, 1.807) is 12.1 Å². The number of fused-ring (bicyclic) bond motifs is 1. The summed E-state index contributed by atoms with van der Waals surface area (Å²) in [5, 5.41) is 7.96. The minimum atomic E-state index is -4.52. The normalized spacial score (nSPS) is 20.4. The van der Waals surface area contributed by atoms with Crippen molar-refractivity contribution in [3.63, 3.8) is 0 Å². The van der Waals surface area contributed by atoms with Gasteiger partial charge in [-0.25, -0.2) is 0 Å². The standard InChI is InChI=1S/C30H31F3N4O6/c31-30(32,33)20-5-9-22(10-6-20)43-16-25(38)37-15-19-4-2-1-3-17(19)14-24(37)28(41)36-23(13-18-11-12-34-27(18)40)26(39)29(42)35-21-7-8-21/h1-6,9-10,18,21,23-24H,7-8,11-16H2,(H,34,40)(H,35,42)(H,36,41)/t18-,23-,24-/m0/s1. The molecule has 1 saturated carbocycles. The first-order valence-electron chi connectivity index (χ1n) is 14.1. The van der Waals surface area contributed by atoms with Crippen molar-refractivity contribution in [1.29, 1.82) is 0 Å². The van der Waals surface area contributed by atoms with Crippen molar-refractivity contribution in [3.8, 4) is 5.75 Å². The number of benzene rings is 2. The molecular formula is C30H31F3N4O6. The Morgan fingerprint density at radius 3 is 2.33 bits per heavy atom. The third-order valence-corrected chi connectivity index (χ3v) is 7.87. The molecule has 1 saturated heterocycles. The summed E-state index contributed by atoms with van der Waals surface area (Å²) in [4.78, 5) is 66.4. The first-order valence-corrected chi connectivity index (χ1v) is 14.1. The number of halogens is 3. The van der Waals surface area contributed by atoms with Gasteiger partial charge < -0.3 is 25.6 Å². The molecular weight excluding hydrogens is 569 g/mol. The van der Waals surface area contributed by atoms with Crippen LogP contribution in [0, 0.1) is 5.92 Å². The Hall–Kier alpha value is -4.42. The molecule has 5 rings (SSSR count). The lowest BCUT2D eigenvalue weighted by atomic mass is 9.92. The first-order chi connectivity index (χ1) is 20.5. The lowest BCUT2D eigenvalue weighted by molar-refractivity contribution is -0.145. The average Bonchev–Trinajstić information content (AvgIpc) is 3.72. The summed E-state index contributed by atoms with van der Waals surface area (Å²) in [7, 11) is 0. The lowest BCUT2D eigenvalue weighted by Gasteiger charge is -2.36. The van der Waals surface area contributed by atoms with E-state index >= 15 is 0 Å². The van der Waals surface area contributed by atoms with E-state index in [1.807, 2.05) is 12.1 Å². The molecule has 2 fully saturated rings. The number of carbonyl (C=O) groups is 5. The molecule has 228 valence electrons. The van der Waals surface area contributed by atoms with Crippen LogP contribution in [0.25, 0.3) is 0 Å². The number of amides is 4. The number of ketones is 1. The molecule has 3 N–H and O–H groups in total. The molecule has 0 spiro atoms. The van der Waals surface area contributed by atoms with Crippen molar-refractivity contribution < 1.29 is 41.9 Å². The van der Waals surface area contributed by atoms with E-state index in [4.69, 9.17) is 4.74 Å². The maximum atomic E-state index is 13.7. The highest BCUT2D eigenvalue weighted by atomic mass is 19.4. The van der Waals surface area contributed by atoms with E-state index in [2.05, 4.69) is 16.0 Å². The molecule has 2 aromatic rings. The molecule has 2 aromatic carbocycles. The molecule has 0 bridgehead atoms. The van der Waals surface area contributed by atoms with Crippen molar-refractivity contribution in [2.75, 3.05) is 13.2 Å². The second-order valence-electron chi connectivity index (χ2n) is 11.0. The van der Waals surface area contributed by atoms with Gasteiger partial charge >= 0.3 is 6.18 Å². The number of hydrogen-bond donors (Lipinski definition) is 3. The molecule has 13 heteroatoms. The van der Waals surface area contributed by atoms with Crippen LogP contribution in [0.2, 0.25) is 0 Å². The third-order valence-electron chi connectivity index (χ3n) is 7.87. The SMILES string of the molecule is O=C(NC1CC1)C(=O)[C@H](C[C@@H]1CCNC1=O)NC(=O)[C@@H]1Cc2ccccc2CN1C(=O)COc1ccc(C(F)(F)F)cc1. The van der Waals surface area contributed by atoms with Gasteiger partial charge in [0.25, 0.3) is 11.8 Å². The van der Waals surface area contributed by atoms with E-state index in [0.29, 0.717) is 13.0 Å². The summed E-state index contributed by atoms with van der Waals surface area (Å²) in [5.74, 6) is -3.75. The van der Waals surface area contributed by atoms with E-state index < -0.39 is 59.9 Å². The zero-order valence-corrected chi connectivity index (χ0v) is 23.1. The molecule has 10 nitrogen and oxygen atoms in total. The van der Waals surface area contributed by atoms with Gasteiger partial charge in [-0.05, 0) is 61.1 Å². The summed E-state index contributed by atoms with van der Waals surface area (Å²) in [5.41, 5.74) is 0.758. The lowest BCUT2D eigenvalue weighted by Crippen LogP contribution is -2.57. The fraction of sp³-hybridized carbons (Fsp3) is 0.433. The molecule has 3 atom stereocenters. The Balaban J connectivity index is 1.32. The Kier molecular flexibility index (Phi) is 8.69.